The van der Waals surface area contributed by atoms with E-state index in [0.29, 0.717) is 6.07 Å². The smallest absolute Gasteiger partial charge is 0.416 e. The highest BCUT2D eigenvalue weighted by Crippen LogP contribution is 2.33. The van der Waals surface area contributed by atoms with E-state index in [1.54, 1.807) is 0 Å². The Morgan fingerprint density at radius 2 is 1.94 bits per heavy atom. The normalized spacial score (nSPS) is 15.2. The minimum atomic E-state index is -4.56. The highest BCUT2D eigenvalue weighted by molar-refractivity contribution is 5.74. The second kappa shape index (κ2) is 4.95. The van der Waals surface area contributed by atoms with Crippen molar-refractivity contribution in [1.82, 2.24) is 0 Å². The van der Waals surface area contributed by atoms with E-state index >= 15 is 0 Å². The maximum Gasteiger partial charge on any atom is 0.416 e. The number of nitrogens with two attached hydrogens (primary N) is 1. The molecule has 0 radical (unpaired) electrons. The Kier molecular flexibility index (Phi) is 3.98. The Morgan fingerprint density at radius 3 is 2.39 bits per heavy atom. The van der Waals surface area contributed by atoms with Crippen LogP contribution in [0.4, 0.5) is 13.2 Å². The molecule has 2 unspecified atom stereocenters. The van der Waals surface area contributed by atoms with Crippen LogP contribution in [-0.4, -0.2) is 22.2 Å². The van der Waals surface area contributed by atoms with Gasteiger partial charge in [0.1, 0.15) is 12.1 Å². The van der Waals surface area contributed by atoms with Crippen molar-refractivity contribution in [3.63, 3.8) is 0 Å². The first-order valence-corrected chi connectivity index (χ1v) is 4.98. The summed E-state index contributed by atoms with van der Waals surface area (Å²) in [6.45, 7) is 1.27. The zero-order chi connectivity index (χ0) is 14.1. The third-order valence-electron chi connectivity index (χ3n) is 2.53. The predicted octanol–water partition coefficient (Wildman–Crippen LogP) is 1.46. The molecule has 0 saturated carbocycles. The van der Waals surface area contributed by atoms with E-state index in [1.807, 2.05) is 0 Å². The number of rotatable bonds is 3. The summed E-state index contributed by atoms with van der Waals surface area (Å²) in [4.78, 5) is 10.6. The highest BCUT2D eigenvalue weighted by Gasteiger charge is 2.34. The van der Waals surface area contributed by atoms with Crippen molar-refractivity contribution in [2.45, 2.75) is 25.2 Å². The lowest BCUT2D eigenvalue weighted by Crippen LogP contribution is -2.36. The molecule has 4 nitrogen and oxygen atoms in total. The van der Waals surface area contributed by atoms with Crippen LogP contribution in [0.25, 0.3) is 0 Å². The summed E-state index contributed by atoms with van der Waals surface area (Å²) in [6, 6.07) is 1.42. The Morgan fingerprint density at radius 1 is 1.39 bits per heavy atom. The van der Waals surface area contributed by atoms with Crippen LogP contribution in [0.3, 0.4) is 0 Å². The number of hydrogen-bond donors (Lipinski definition) is 3. The summed E-state index contributed by atoms with van der Waals surface area (Å²) in [5, 5.41) is 18.2. The molecule has 0 spiro atoms. The van der Waals surface area contributed by atoms with Gasteiger partial charge in [0.15, 0.2) is 0 Å². The van der Waals surface area contributed by atoms with Crippen molar-refractivity contribution in [3.05, 3.63) is 34.9 Å². The molecule has 7 heteroatoms. The zero-order valence-electron chi connectivity index (χ0n) is 9.40. The molecule has 0 fully saturated rings. The molecule has 0 aromatic heterocycles. The van der Waals surface area contributed by atoms with Crippen molar-refractivity contribution < 1.29 is 28.2 Å². The molecule has 1 aromatic carbocycles. The molecule has 100 valence electrons. The standard InChI is InChI=1S/C11H12F3NO3/c1-5-2-3-6(4-7(5)11(12,13)14)9(16)8(15)10(17)18/h2-4,8-9,16H,15H2,1H3,(H,17,18). The minimum Gasteiger partial charge on any atom is -0.480 e. The van der Waals surface area contributed by atoms with Gasteiger partial charge in [-0.15, -0.1) is 0 Å². The van der Waals surface area contributed by atoms with Crippen molar-refractivity contribution in [2.24, 2.45) is 5.73 Å². The molecule has 18 heavy (non-hydrogen) atoms. The van der Waals surface area contributed by atoms with E-state index < -0.39 is 29.9 Å². The van der Waals surface area contributed by atoms with Crippen molar-refractivity contribution in [2.75, 3.05) is 0 Å². The lowest BCUT2D eigenvalue weighted by molar-refractivity contribution is -0.141. The highest BCUT2D eigenvalue weighted by atomic mass is 19.4. The molecule has 4 N–H and O–H groups in total. The molecule has 2 atom stereocenters. The van der Waals surface area contributed by atoms with Gasteiger partial charge in [-0.1, -0.05) is 12.1 Å². The van der Waals surface area contributed by atoms with Gasteiger partial charge < -0.3 is 15.9 Å². The Bertz CT molecular complexity index is 459. The molecule has 1 aromatic rings. The lowest BCUT2D eigenvalue weighted by atomic mass is 9.98. The zero-order valence-corrected chi connectivity index (χ0v) is 9.40. The van der Waals surface area contributed by atoms with Crippen molar-refractivity contribution in [3.8, 4) is 0 Å². The van der Waals surface area contributed by atoms with Crippen LogP contribution in [0, 0.1) is 6.92 Å². The van der Waals surface area contributed by atoms with E-state index in [-0.39, 0.29) is 11.1 Å². The number of aliphatic carboxylic acids is 1. The average molecular weight is 263 g/mol. The number of benzene rings is 1. The Labute approximate surface area is 101 Å². The molecular weight excluding hydrogens is 251 g/mol. The fourth-order valence-corrected chi connectivity index (χ4v) is 1.47. The topological polar surface area (TPSA) is 83.5 Å². The van der Waals surface area contributed by atoms with Gasteiger partial charge in [0.25, 0.3) is 0 Å². The van der Waals surface area contributed by atoms with Gasteiger partial charge in [-0.05, 0) is 24.1 Å². The molecule has 0 bridgehead atoms. The molecular formula is C11H12F3NO3. The lowest BCUT2D eigenvalue weighted by Gasteiger charge is -2.18. The summed E-state index contributed by atoms with van der Waals surface area (Å²) in [5.41, 5.74) is 4.05. The van der Waals surface area contributed by atoms with E-state index in [9.17, 15) is 23.1 Å². The van der Waals surface area contributed by atoms with E-state index in [4.69, 9.17) is 10.8 Å². The van der Waals surface area contributed by atoms with Gasteiger partial charge in [-0.2, -0.15) is 13.2 Å². The molecule has 0 amide bonds. The minimum absolute atomic E-state index is 0.0117. The number of carboxylic acid groups (broad SMARTS) is 1. The van der Waals surface area contributed by atoms with Crippen LogP contribution < -0.4 is 5.73 Å². The predicted molar refractivity (Wildman–Crippen MR) is 56.8 cm³/mol. The van der Waals surface area contributed by atoms with Crippen LogP contribution >= 0.6 is 0 Å². The number of alkyl halides is 3. The van der Waals surface area contributed by atoms with Gasteiger partial charge in [-0.25, -0.2) is 0 Å². The Hall–Kier alpha value is -1.60. The number of aryl methyl sites for hydroxylation is 1. The monoisotopic (exact) mass is 263 g/mol. The summed E-state index contributed by atoms with van der Waals surface area (Å²) in [5.74, 6) is -1.49. The molecule has 0 aliphatic carbocycles. The third kappa shape index (κ3) is 2.99. The number of halogens is 3. The van der Waals surface area contributed by atoms with Crippen molar-refractivity contribution >= 4 is 5.97 Å². The first kappa shape index (κ1) is 14.5. The van der Waals surface area contributed by atoms with Crippen LogP contribution in [0.5, 0.6) is 0 Å². The SMILES string of the molecule is Cc1ccc(C(O)C(N)C(=O)O)cc1C(F)(F)F. The fraction of sp³-hybridized carbons (Fsp3) is 0.364. The van der Waals surface area contributed by atoms with Crippen molar-refractivity contribution in [1.29, 1.82) is 0 Å². The number of aliphatic hydroxyl groups excluding tert-OH is 1. The maximum absolute atomic E-state index is 12.6. The summed E-state index contributed by atoms with van der Waals surface area (Å²) in [7, 11) is 0. The third-order valence-corrected chi connectivity index (χ3v) is 2.53. The summed E-state index contributed by atoms with van der Waals surface area (Å²) in [6.07, 6.45) is -6.25. The molecule has 1 rings (SSSR count). The summed E-state index contributed by atoms with van der Waals surface area (Å²) >= 11 is 0. The molecule has 0 saturated heterocycles. The first-order valence-electron chi connectivity index (χ1n) is 4.98. The average Bonchev–Trinajstić information content (AvgIpc) is 2.26. The van der Waals surface area contributed by atoms with Crippen LogP contribution in [0.15, 0.2) is 18.2 Å². The largest absolute Gasteiger partial charge is 0.480 e. The molecule has 0 aliphatic rings. The number of hydrogen-bond acceptors (Lipinski definition) is 3. The molecule has 0 heterocycles. The Balaban J connectivity index is 3.17. The second-order valence-electron chi connectivity index (χ2n) is 3.88. The van der Waals surface area contributed by atoms with Gasteiger partial charge in [0, 0.05) is 0 Å². The first-order chi connectivity index (χ1) is 8.14. The number of carboxylic acids is 1. The van der Waals surface area contributed by atoms with E-state index in [2.05, 4.69) is 0 Å². The van der Waals surface area contributed by atoms with Gasteiger partial charge in [-0.3, -0.25) is 4.79 Å². The van der Waals surface area contributed by atoms with Crippen LogP contribution in [0.1, 0.15) is 22.8 Å². The number of carbonyl (C=O) groups is 1. The van der Waals surface area contributed by atoms with E-state index in [1.165, 1.54) is 13.0 Å². The van der Waals surface area contributed by atoms with E-state index in [0.717, 1.165) is 6.07 Å². The quantitative estimate of drug-likeness (QED) is 0.770. The fourth-order valence-electron chi connectivity index (χ4n) is 1.47. The molecule has 0 aliphatic heterocycles. The van der Waals surface area contributed by atoms with Gasteiger partial charge in [0.05, 0.1) is 5.56 Å². The number of aliphatic hydroxyl groups is 1. The summed E-state index contributed by atoms with van der Waals surface area (Å²) < 4.78 is 37.9. The van der Waals surface area contributed by atoms with Crippen LogP contribution in [0.2, 0.25) is 0 Å². The van der Waals surface area contributed by atoms with Gasteiger partial charge >= 0.3 is 12.1 Å². The van der Waals surface area contributed by atoms with Crippen LogP contribution in [-0.2, 0) is 11.0 Å². The van der Waals surface area contributed by atoms with Gasteiger partial charge in [0.2, 0.25) is 0 Å². The second-order valence-corrected chi connectivity index (χ2v) is 3.88. The maximum atomic E-state index is 12.6.